The Labute approximate surface area is 143 Å². The quantitative estimate of drug-likeness (QED) is 0.454. The fraction of sp³-hybridized carbons (Fsp3) is 0.0714. The van der Waals surface area contributed by atoms with Crippen LogP contribution in [-0.4, -0.2) is 37.0 Å². The van der Waals surface area contributed by atoms with Gasteiger partial charge in [0.25, 0.3) is 20.2 Å². The standard InChI is InChI=1S/C14H13NO8S2/c1-2-3-13(17)15-10-4-5-12(25(21,22)23)9-6-8(24(18,19)20)7-11(16)14(9)10/h2-7,16H,1H3,(H,15,17)(H,18,19,20)(H,21,22,23)/b3-2+. The maximum absolute atomic E-state index is 11.7. The van der Waals surface area contributed by atoms with Crippen LogP contribution >= 0.6 is 0 Å². The summed E-state index contributed by atoms with van der Waals surface area (Å²) < 4.78 is 64.1. The molecule has 2 rings (SSSR count). The van der Waals surface area contributed by atoms with Gasteiger partial charge in [-0.2, -0.15) is 16.8 Å². The number of rotatable bonds is 4. The van der Waals surface area contributed by atoms with Crippen molar-refractivity contribution in [1.29, 1.82) is 0 Å². The summed E-state index contributed by atoms with van der Waals surface area (Å²) in [5.74, 6) is -1.30. The molecule has 0 aliphatic carbocycles. The van der Waals surface area contributed by atoms with Crippen molar-refractivity contribution in [3.05, 3.63) is 36.4 Å². The second kappa shape index (κ2) is 6.44. The molecule has 0 saturated carbocycles. The summed E-state index contributed by atoms with van der Waals surface area (Å²) in [6.45, 7) is 1.59. The Morgan fingerprint density at radius 3 is 2.24 bits per heavy atom. The number of nitrogens with one attached hydrogen (secondary N) is 1. The van der Waals surface area contributed by atoms with Crippen molar-refractivity contribution in [3.63, 3.8) is 0 Å². The van der Waals surface area contributed by atoms with Gasteiger partial charge in [0.15, 0.2) is 0 Å². The summed E-state index contributed by atoms with van der Waals surface area (Å²) in [7, 11) is -9.54. The first kappa shape index (κ1) is 18.9. The predicted octanol–water partition coefficient (Wildman–Crippen LogP) is 1.55. The Morgan fingerprint density at radius 1 is 1.08 bits per heavy atom. The molecule has 0 aromatic heterocycles. The van der Waals surface area contributed by atoms with Gasteiger partial charge in [0.1, 0.15) is 10.6 Å². The molecule has 134 valence electrons. The van der Waals surface area contributed by atoms with Gasteiger partial charge in [-0.05, 0) is 31.2 Å². The molecule has 0 fully saturated rings. The zero-order chi connectivity index (χ0) is 19.0. The number of hydrogen-bond acceptors (Lipinski definition) is 6. The third-order valence-corrected chi connectivity index (χ3v) is 4.92. The maximum atomic E-state index is 11.7. The molecule has 1 amide bonds. The lowest BCUT2D eigenvalue weighted by Crippen LogP contribution is -2.09. The lowest BCUT2D eigenvalue weighted by atomic mass is 10.1. The molecule has 4 N–H and O–H groups in total. The van der Waals surface area contributed by atoms with Crippen molar-refractivity contribution in [3.8, 4) is 5.75 Å². The van der Waals surface area contributed by atoms with E-state index in [1.165, 1.54) is 12.2 Å². The predicted molar refractivity (Wildman–Crippen MR) is 88.7 cm³/mol. The second-order valence-electron chi connectivity index (χ2n) is 4.92. The van der Waals surface area contributed by atoms with Crippen molar-refractivity contribution >= 4 is 42.6 Å². The highest BCUT2D eigenvalue weighted by Gasteiger charge is 2.22. The number of anilines is 1. The Morgan fingerprint density at radius 2 is 1.72 bits per heavy atom. The number of hydrogen-bond donors (Lipinski definition) is 4. The fourth-order valence-electron chi connectivity index (χ4n) is 2.21. The zero-order valence-electron chi connectivity index (χ0n) is 12.7. The minimum atomic E-state index is -4.78. The zero-order valence-corrected chi connectivity index (χ0v) is 14.3. The van der Waals surface area contributed by atoms with E-state index in [2.05, 4.69) is 5.32 Å². The molecule has 0 bridgehead atoms. The third kappa shape index (κ3) is 3.96. The van der Waals surface area contributed by atoms with Crippen LogP contribution in [0.15, 0.2) is 46.2 Å². The van der Waals surface area contributed by atoms with Crippen LogP contribution in [0.5, 0.6) is 5.75 Å². The lowest BCUT2D eigenvalue weighted by Gasteiger charge is -2.13. The van der Waals surface area contributed by atoms with Crippen LogP contribution in [0.2, 0.25) is 0 Å². The van der Waals surface area contributed by atoms with E-state index >= 15 is 0 Å². The molecule has 0 unspecified atom stereocenters. The van der Waals surface area contributed by atoms with Gasteiger partial charge in [0.05, 0.1) is 10.6 Å². The van der Waals surface area contributed by atoms with Crippen molar-refractivity contribution in [1.82, 2.24) is 0 Å². The number of phenols is 1. The van der Waals surface area contributed by atoms with Gasteiger partial charge < -0.3 is 10.4 Å². The summed E-state index contributed by atoms with van der Waals surface area (Å²) in [5.41, 5.74) is -0.0233. The van der Waals surface area contributed by atoms with Gasteiger partial charge in [-0.25, -0.2) is 0 Å². The third-order valence-electron chi connectivity index (χ3n) is 3.18. The van der Waals surface area contributed by atoms with Crippen molar-refractivity contribution < 1.29 is 35.8 Å². The Kier molecular flexibility index (Phi) is 4.86. The molecule has 11 heteroatoms. The van der Waals surface area contributed by atoms with E-state index in [-0.39, 0.29) is 11.1 Å². The topological polar surface area (TPSA) is 158 Å². The second-order valence-corrected chi connectivity index (χ2v) is 7.73. The van der Waals surface area contributed by atoms with Crippen LogP contribution in [0.3, 0.4) is 0 Å². The van der Waals surface area contributed by atoms with Crippen molar-refractivity contribution in [2.75, 3.05) is 5.32 Å². The molecule has 0 heterocycles. The summed E-state index contributed by atoms with van der Waals surface area (Å²) in [6.07, 6.45) is 2.62. The van der Waals surface area contributed by atoms with Crippen LogP contribution in [0.25, 0.3) is 10.8 Å². The average molecular weight is 387 g/mol. The SMILES string of the molecule is C/C=C/C(=O)Nc1ccc(S(=O)(=O)O)c2cc(S(=O)(=O)O)cc(O)c12. The Bertz CT molecular complexity index is 1100. The van der Waals surface area contributed by atoms with E-state index in [0.717, 1.165) is 18.2 Å². The largest absolute Gasteiger partial charge is 0.507 e. The molecule has 9 nitrogen and oxygen atoms in total. The van der Waals surface area contributed by atoms with Gasteiger partial charge in [0, 0.05) is 16.8 Å². The van der Waals surface area contributed by atoms with Gasteiger partial charge in [-0.1, -0.05) is 6.08 Å². The van der Waals surface area contributed by atoms with Crippen LogP contribution in [0.4, 0.5) is 5.69 Å². The van der Waals surface area contributed by atoms with Gasteiger partial charge in [-0.15, -0.1) is 0 Å². The Balaban J connectivity index is 2.91. The van der Waals surface area contributed by atoms with E-state index in [1.54, 1.807) is 6.92 Å². The number of aromatic hydroxyl groups is 1. The van der Waals surface area contributed by atoms with Crippen molar-refractivity contribution in [2.24, 2.45) is 0 Å². The summed E-state index contributed by atoms with van der Waals surface area (Å²) in [6, 6.07) is 3.51. The minimum absolute atomic E-state index is 0.0233. The highest BCUT2D eigenvalue weighted by molar-refractivity contribution is 7.86. The minimum Gasteiger partial charge on any atom is -0.507 e. The molecule has 2 aromatic carbocycles. The first-order valence-electron chi connectivity index (χ1n) is 6.63. The molecule has 0 aliphatic heterocycles. The van der Waals surface area contributed by atoms with Crippen LogP contribution in [-0.2, 0) is 25.0 Å². The van der Waals surface area contributed by atoms with Crippen LogP contribution in [0, 0.1) is 0 Å². The maximum Gasteiger partial charge on any atom is 0.295 e. The molecule has 0 aliphatic rings. The molecule has 0 radical (unpaired) electrons. The van der Waals surface area contributed by atoms with E-state index in [0.29, 0.717) is 6.07 Å². The number of phenolic OH excluding ortho intramolecular Hbond substituents is 1. The normalized spacial score (nSPS) is 12.6. The van der Waals surface area contributed by atoms with Gasteiger partial charge in [0.2, 0.25) is 5.91 Å². The Hall–Kier alpha value is -2.47. The summed E-state index contributed by atoms with van der Waals surface area (Å²) in [4.78, 5) is 10.2. The summed E-state index contributed by atoms with van der Waals surface area (Å²) >= 11 is 0. The molecule has 0 atom stereocenters. The smallest absolute Gasteiger partial charge is 0.295 e. The number of fused-ring (bicyclic) bond motifs is 1. The monoisotopic (exact) mass is 387 g/mol. The average Bonchev–Trinajstić information content (AvgIpc) is 2.44. The molecule has 2 aromatic rings. The molecular weight excluding hydrogens is 374 g/mol. The lowest BCUT2D eigenvalue weighted by molar-refractivity contribution is -0.111. The molecular formula is C14H13NO8S2. The van der Waals surface area contributed by atoms with Crippen LogP contribution < -0.4 is 5.32 Å². The first-order chi connectivity index (χ1) is 11.4. The molecule has 0 saturated heterocycles. The first-order valence-corrected chi connectivity index (χ1v) is 9.51. The summed E-state index contributed by atoms with van der Waals surface area (Å²) in [5, 5.41) is 11.9. The number of amides is 1. The number of carbonyl (C=O) groups is 1. The number of allylic oxidation sites excluding steroid dienone is 1. The van der Waals surface area contributed by atoms with E-state index in [9.17, 15) is 31.3 Å². The highest BCUT2D eigenvalue weighted by Crippen LogP contribution is 2.38. The van der Waals surface area contributed by atoms with Crippen molar-refractivity contribution in [2.45, 2.75) is 16.7 Å². The molecule has 0 spiro atoms. The van der Waals surface area contributed by atoms with Gasteiger partial charge in [-0.3, -0.25) is 13.9 Å². The van der Waals surface area contributed by atoms with Gasteiger partial charge >= 0.3 is 0 Å². The fourth-order valence-corrected chi connectivity index (χ4v) is 3.42. The van der Waals surface area contributed by atoms with E-state index in [4.69, 9.17) is 4.55 Å². The molecule has 25 heavy (non-hydrogen) atoms. The number of carbonyl (C=O) groups excluding carboxylic acids is 1. The highest BCUT2D eigenvalue weighted by atomic mass is 32.2. The number of benzene rings is 2. The van der Waals surface area contributed by atoms with E-state index < -0.39 is 47.1 Å². The van der Waals surface area contributed by atoms with E-state index in [1.807, 2.05) is 0 Å². The van der Waals surface area contributed by atoms with Crippen LogP contribution in [0.1, 0.15) is 6.92 Å².